The van der Waals surface area contributed by atoms with Gasteiger partial charge in [0.25, 0.3) is 0 Å². The maximum Gasteiger partial charge on any atom is -0.0312 e. The first-order valence-electron chi connectivity index (χ1n) is 26.2. The molecule has 10 bridgehead atoms. The molecule has 20 saturated carbocycles. The molecule has 0 aromatic rings. The van der Waals surface area contributed by atoms with Crippen LogP contribution >= 0.6 is 0 Å². The monoisotopic (exact) mass is 737 g/mol. The quantitative estimate of drug-likeness (QED) is 0.232. The van der Waals surface area contributed by atoms with Gasteiger partial charge in [-0.2, -0.15) is 0 Å². The second-order valence-corrected chi connectivity index (χ2v) is 19.6. The second kappa shape index (κ2) is 22.8. The smallest absolute Gasteiger partial charge is 0.0312 e. The van der Waals surface area contributed by atoms with Crippen molar-refractivity contribution in [2.45, 2.75) is 231 Å². The lowest BCUT2D eigenvalue weighted by Crippen LogP contribution is -3.00. The summed E-state index contributed by atoms with van der Waals surface area (Å²) in [4.78, 5) is 0. The largest absolute Gasteiger partial charge is 0.0683 e. The number of hydrogen-bond donors (Lipinski definition) is 0. The lowest BCUT2D eigenvalue weighted by atomic mass is 9.01. The summed E-state index contributed by atoms with van der Waals surface area (Å²) in [5.74, 6) is 22.5. The van der Waals surface area contributed by atoms with E-state index >= 15 is 0 Å². The van der Waals surface area contributed by atoms with Gasteiger partial charge in [-0.3, -0.25) is 0 Å². The fourth-order valence-corrected chi connectivity index (χ4v) is 14.8. The van der Waals surface area contributed by atoms with Crippen LogP contribution in [0.3, 0.4) is 0 Å². The molecule has 20 aliphatic carbocycles. The van der Waals surface area contributed by atoms with E-state index in [1.54, 1.807) is 141 Å². The molecule has 0 amide bonds. The van der Waals surface area contributed by atoms with Crippen LogP contribution in [0.4, 0.5) is 0 Å². The fraction of sp³-hybridized carbons (Fsp3) is 1.00. The third-order valence-electron chi connectivity index (χ3n) is 17.8. The van der Waals surface area contributed by atoms with Crippen LogP contribution < -0.4 is 0 Å². The van der Waals surface area contributed by atoms with E-state index < -0.39 is 0 Å². The Morgan fingerprint density at radius 1 is 0.170 bits per heavy atom. The Bertz CT molecular complexity index is 747. The molecule has 0 aromatic carbocycles. The van der Waals surface area contributed by atoms with Crippen molar-refractivity contribution in [3.05, 3.63) is 0 Å². The van der Waals surface area contributed by atoms with Crippen LogP contribution in [0.2, 0.25) is 0 Å². The Morgan fingerprint density at radius 3 is 0.396 bits per heavy atom. The molecule has 0 aliphatic heterocycles. The Kier molecular flexibility index (Phi) is 19.7. The minimum Gasteiger partial charge on any atom is -0.0683 e. The average Bonchev–Trinajstić information content (AvgIpc) is 4.07. The van der Waals surface area contributed by atoms with Gasteiger partial charge in [0.2, 0.25) is 0 Å². The van der Waals surface area contributed by atoms with Gasteiger partial charge in [0, 0.05) is 0 Å². The van der Waals surface area contributed by atoms with Gasteiger partial charge >= 0.3 is 0 Å². The van der Waals surface area contributed by atoms with E-state index in [1.165, 1.54) is 101 Å². The Morgan fingerprint density at radius 2 is 0.321 bits per heavy atom. The number of rotatable bonds is 0. The zero-order valence-electron chi connectivity index (χ0n) is 38.7. The van der Waals surface area contributed by atoms with Crippen molar-refractivity contribution >= 4 is 0 Å². The highest BCUT2D eigenvalue weighted by Crippen LogP contribution is 3.00. The molecule has 312 valence electrons. The lowest BCUT2D eigenvalue weighted by Gasteiger charge is -3.03. The molecule has 0 N–H and O–H groups in total. The van der Waals surface area contributed by atoms with E-state index in [0.717, 1.165) is 11.8 Å². The minimum absolute atomic E-state index is 1.15. The van der Waals surface area contributed by atoms with Crippen molar-refractivity contribution in [1.29, 1.82) is 0 Å². The average molecular weight is 737 g/mol. The van der Waals surface area contributed by atoms with E-state index in [-0.39, 0.29) is 0 Å². The maximum atomic E-state index is 2.00. The molecule has 0 heterocycles. The van der Waals surface area contributed by atoms with E-state index in [1.807, 2.05) is 83.1 Å². The normalized spacial score (nSPS) is 47.8. The lowest BCUT2D eigenvalue weighted by molar-refractivity contribution is -0.565. The van der Waals surface area contributed by atoms with Crippen molar-refractivity contribution in [1.82, 2.24) is 0 Å². The van der Waals surface area contributed by atoms with Crippen LogP contribution in [0.1, 0.15) is 231 Å². The second-order valence-electron chi connectivity index (χ2n) is 19.6. The molecule has 0 unspecified atom stereocenters. The molecule has 0 spiro atoms. The Hall–Kier alpha value is 0. The fourth-order valence-electron chi connectivity index (χ4n) is 14.8. The van der Waals surface area contributed by atoms with Gasteiger partial charge in [0.15, 0.2) is 0 Å². The summed E-state index contributed by atoms with van der Waals surface area (Å²) < 4.78 is 0. The molecule has 20 aliphatic rings. The van der Waals surface area contributed by atoms with Crippen LogP contribution in [0.25, 0.3) is 0 Å². The molecule has 0 aromatic heterocycles. The van der Waals surface area contributed by atoms with Crippen LogP contribution in [-0.2, 0) is 0 Å². The summed E-state index contributed by atoms with van der Waals surface area (Å²) in [5.41, 5.74) is 0. The summed E-state index contributed by atoms with van der Waals surface area (Å²) in [7, 11) is 0. The SMILES string of the molecule is C12C3C4C1C1C2C3C41.C1C2CC1C2.C1CC2CC(C1)C2.C1CC2CC1C2.C1CC2CCC1C2.C1CC2CCC1CC2.CC.CC.CC.CC.CC.CC. The third-order valence-corrected chi connectivity index (χ3v) is 17.8. The van der Waals surface area contributed by atoms with Crippen LogP contribution in [0, 0.1) is 107 Å². The van der Waals surface area contributed by atoms with E-state index in [2.05, 4.69) is 0 Å². The summed E-state index contributed by atoms with van der Waals surface area (Å²) in [6, 6.07) is 0. The first-order valence-corrected chi connectivity index (χ1v) is 26.2. The van der Waals surface area contributed by atoms with Gasteiger partial charge in [-0.25, -0.2) is 0 Å². The predicted octanol–water partition coefficient (Wildman–Crippen LogP) is 17.3. The predicted molar refractivity (Wildman–Crippen MR) is 237 cm³/mol. The number of fused-ring (bicyclic) bond motifs is 8. The Labute approximate surface area is 336 Å². The zero-order valence-corrected chi connectivity index (χ0v) is 38.7. The van der Waals surface area contributed by atoms with Gasteiger partial charge in [-0.15, -0.1) is 0 Å². The van der Waals surface area contributed by atoms with Gasteiger partial charge < -0.3 is 0 Å². The first-order chi connectivity index (χ1) is 26.2. The summed E-state index contributed by atoms with van der Waals surface area (Å²) in [5, 5.41) is 0. The summed E-state index contributed by atoms with van der Waals surface area (Å²) >= 11 is 0. The van der Waals surface area contributed by atoms with Crippen molar-refractivity contribution < 1.29 is 0 Å². The van der Waals surface area contributed by atoms with Crippen molar-refractivity contribution in [2.75, 3.05) is 0 Å². The molecular weight excluding hydrogens is 637 g/mol. The Balaban J connectivity index is 0.000000135. The highest BCUT2D eigenvalue weighted by atomic mass is 15.0. The van der Waals surface area contributed by atoms with Gasteiger partial charge in [-0.05, 0) is 158 Å². The third kappa shape index (κ3) is 9.66. The molecule has 0 radical (unpaired) electrons. The zero-order chi connectivity index (χ0) is 38.7. The van der Waals surface area contributed by atoms with Gasteiger partial charge in [0.1, 0.15) is 0 Å². The van der Waals surface area contributed by atoms with Crippen molar-refractivity contribution in [2.24, 2.45) is 107 Å². The maximum absolute atomic E-state index is 2.00. The minimum atomic E-state index is 1.15. The molecule has 0 heteroatoms. The van der Waals surface area contributed by atoms with Crippen molar-refractivity contribution in [3.63, 3.8) is 0 Å². The van der Waals surface area contributed by atoms with Crippen LogP contribution in [-0.4, -0.2) is 0 Å². The van der Waals surface area contributed by atoms with Crippen LogP contribution in [0.5, 0.6) is 0 Å². The highest BCUT2D eigenvalue weighted by Gasteiger charge is 2.97. The topological polar surface area (TPSA) is 0 Å². The summed E-state index contributed by atoms with van der Waals surface area (Å²) in [6.45, 7) is 24.0. The standard InChI is InChI=1S/C8H8.C8H14.2C7H12.C6H10.C5H8.6C2H6/c1-2-5-3(1)7-4(1)6(2)8(5)7;1-2-8-5-3-7(1)4-6-8;1-2-7-4-3-6(1)5-7;1-2-6-4-7(3-1)5-6;1-2-6-3-5(1)4-6;1-4-2-5(1)3-4;6*1-2/h1-8H;7-8H,1-6H2;2*6-7H,1-5H2;5-6H,1-4H2;4-5H,1-3H2;6*1-2H3. The van der Waals surface area contributed by atoms with Crippen LogP contribution in [0.15, 0.2) is 0 Å². The molecule has 20 fully saturated rings. The van der Waals surface area contributed by atoms with Gasteiger partial charge in [0.05, 0.1) is 0 Å². The number of hydrogen-bond acceptors (Lipinski definition) is 0. The first kappa shape index (κ1) is 45.7. The molecular formula is C53H100. The van der Waals surface area contributed by atoms with E-state index in [0.29, 0.717) is 0 Å². The molecule has 20 rings (SSSR count). The van der Waals surface area contributed by atoms with Gasteiger partial charge in [-0.1, -0.05) is 179 Å². The highest BCUT2D eigenvalue weighted by molar-refractivity contribution is 5.44. The molecule has 0 atom stereocenters. The summed E-state index contributed by atoms with van der Waals surface area (Å²) in [6.07, 6.45) is 36.0. The van der Waals surface area contributed by atoms with E-state index in [4.69, 9.17) is 0 Å². The molecule has 0 nitrogen and oxygen atoms in total. The van der Waals surface area contributed by atoms with E-state index in [9.17, 15) is 0 Å². The van der Waals surface area contributed by atoms with Crippen molar-refractivity contribution in [3.8, 4) is 0 Å². The molecule has 53 heavy (non-hydrogen) atoms. The molecule has 0 saturated heterocycles.